The number of halogens is 2. The Balaban J connectivity index is 0.00000256. The number of piperazine rings is 1. The summed E-state index contributed by atoms with van der Waals surface area (Å²) in [5.74, 6) is 1.73. The second-order valence-electron chi connectivity index (χ2n) is 7.33. The van der Waals surface area contributed by atoms with Crippen molar-refractivity contribution in [2.45, 2.75) is 12.7 Å². The maximum atomic E-state index is 10.4. The Morgan fingerprint density at radius 2 is 1.47 bits per heavy atom. The van der Waals surface area contributed by atoms with Crippen LogP contribution in [0.2, 0.25) is 0 Å². The van der Waals surface area contributed by atoms with E-state index >= 15 is 0 Å². The van der Waals surface area contributed by atoms with Gasteiger partial charge >= 0.3 is 0 Å². The minimum Gasteiger partial charge on any atom is -0.493 e. The molecule has 2 aromatic rings. The molecule has 0 aliphatic carbocycles. The van der Waals surface area contributed by atoms with Gasteiger partial charge in [-0.15, -0.1) is 24.8 Å². The normalized spacial score (nSPS) is 14.7. The quantitative estimate of drug-likeness (QED) is 0.550. The van der Waals surface area contributed by atoms with E-state index in [1.165, 1.54) is 5.69 Å². The van der Waals surface area contributed by atoms with Crippen LogP contribution < -0.4 is 19.1 Å². The van der Waals surface area contributed by atoms with E-state index in [0.717, 1.165) is 31.7 Å². The van der Waals surface area contributed by atoms with Crippen molar-refractivity contribution in [2.75, 3.05) is 65.6 Å². The van der Waals surface area contributed by atoms with Gasteiger partial charge < -0.3 is 29.0 Å². The molecule has 9 heteroatoms. The largest absolute Gasteiger partial charge is 0.493 e. The fourth-order valence-corrected chi connectivity index (χ4v) is 3.71. The van der Waals surface area contributed by atoms with E-state index in [1.807, 2.05) is 18.2 Å². The first kappa shape index (κ1) is 28.1. The summed E-state index contributed by atoms with van der Waals surface area (Å²) in [5.41, 5.74) is 2.15. The van der Waals surface area contributed by atoms with Gasteiger partial charge in [-0.25, -0.2) is 0 Å². The Morgan fingerprint density at radius 1 is 0.875 bits per heavy atom. The van der Waals surface area contributed by atoms with Crippen LogP contribution in [0.4, 0.5) is 5.69 Å². The average Bonchev–Trinajstić information content (AvgIpc) is 2.79. The number of aliphatic hydroxyl groups excluding tert-OH is 1. The number of hydrogen-bond donors (Lipinski definition) is 1. The number of rotatable bonds is 10. The second kappa shape index (κ2) is 14.3. The zero-order valence-electron chi connectivity index (χ0n) is 18.9. The monoisotopic (exact) mass is 488 g/mol. The predicted octanol–water partition coefficient (Wildman–Crippen LogP) is 3.26. The van der Waals surface area contributed by atoms with Crippen LogP contribution in [0.15, 0.2) is 42.5 Å². The van der Waals surface area contributed by atoms with Crippen molar-refractivity contribution in [3.05, 3.63) is 48.0 Å². The van der Waals surface area contributed by atoms with Gasteiger partial charge in [0, 0.05) is 38.4 Å². The van der Waals surface area contributed by atoms with Crippen LogP contribution in [0, 0.1) is 0 Å². The fraction of sp³-hybridized carbons (Fsp3) is 0.478. The number of aliphatic hydroxyl groups is 1. The lowest BCUT2D eigenvalue weighted by atomic mass is 10.2. The molecule has 0 spiro atoms. The molecule has 1 saturated heterocycles. The summed E-state index contributed by atoms with van der Waals surface area (Å²) in [6, 6.07) is 14.2. The van der Waals surface area contributed by atoms with E-state index < -0.39 is 6.10 Å². The summed E-state index contributed by atoms with van der Waals surface area (Å²) in [7, 11) is 4.75. The van der Waals surface area contributed by atoms with Gasteiger partial charge in [-0.1, -0.05) is 18.2 Å². The SMILES string of the molecule is COc1cc(COCC(O)CN2CCN(c3ccccc3)CC2)cc(OC)c1OC.Cl.Cl. The van der Waals surface area contributed by atoms with Crippen LogP contribution in [-0.2, 0) is 11.3 Å². The lowest BCUT2D eigenvalue weighted by Gasteiger charge is -2.36. The number of nitrogens with zero attached hydrogens (tertiary/aromatic N) is 2. The highest BCUT2D eigenvalue weighted by atomic mass is 35.5. The molecule has 0 radical (unpaired) electrons. The first-order chi connectivity index (χ1) is 14.6. The van der Waals surface area contributed by atoms with Crippen molar-refractivity contribution in [3.8, 4) is 17.2 Å². The molecule has 7 nitrogen and oxygen atoms in total. The number of para-hydroxylation sites is 1. The van der Waals surface area contributed by atoms with Crippen molar-refractivity contribution in [1.82, 2.24) is 4.90 Å². The minimum atomic E-state index is -0.532. The van der Waals surface area contributed by atoms with Gasteiger partial charge in [0.05, 0.1) is 40.6 Å². The van der Waals surface area contributed by atoms with Crippen LogP contribution in [0.3, 0.4) is 0 Å². The summed E-state index contributed by atoms with van der Waals surface area (Å²) in [4.78, 5) is 4.66. The third-order valence-corrected chi connectivity index (χ3v) is 5.27. The van der Waals surface area contributed by atoms with Gasteiger partial charge in [-0.05, 0) is 29.8 Å². The van der Waals surface area contributed by atoms with E-state index in [4.69, 9.17) is 18.9 Å². The average molecular weight is 489 g/mol. The topological polar surface area (TPSA) is 63.6 Å². The number of benzene rings is 2. The smallest absolute Gasteiger partial charge is 0.203 e. The molecule has 1 N–H and O–H groups in total. The molecule has 1 unspecified atom stereocenters. The van der Waals surface area contributed by atoms with Crippen LogP contribution in [-0.4, -0.2) is 76.8 Å². The molecule has 1 aliphatic heterocycles. The van der Waals surface area contributed by atoms with Crippen LogP contribution >= 0.6 is 24.8 Å². The van der Waals surface area contributed by atoms with Gasteiger partial charge in [0.1, 0.15) is 0 Å². The Bertz CT molecular complexity index is 764. The van der Waals surface area contributed by atoms with Crippen molar-refractivity contribution in [2.24, 2.45) is 0 Å². The second-order valence-corrected chi connectivity index (χ2v) is 7.33. The first-order valence-corrected chi connectivity index (χ1v) is 10.2. The molecule has 1 atom stereocenters. The Hall–Kier alpha value is -1.90. The Kier molecular flexibility index (Phi) is 12.6. The van der Waals surface area contributed by atoms with E-state index in [0.29, 0.717) is 30.4 Å². The lowest BCUT2D eigenvalue weighted by Crippen LogP contribution is -2.49. The Labute approximate surface area is 203 Å². The number of β-amino-alcohol motifs (C(OH)–C–C–N with tert-alkyl or cyclic N) is 1. The maximum absolute atomic E-state index is 10.4. The Morgan fingerprint density at radius 3 is 2.00 bits per heavy atom. The molecule has 0 amide bonds. The number of hydrogen-bond acceptors (Lipinski definition) is 7. The highest BCUT2D eigenvalue weighted by molar-refractivity contribution is 5.85. The molecule has 1 aliphatic rings. The first-order valence-electron chi connectivity index (χ1n) is 10.2. The third kappa shape index (κ3) is 7.60. The maximum Gasteiger partial charge on any atom is 0.203 e. The van der Waals surface area contributed by atoms with Crippen LogP contribution in [0.25, 0.3) is 0 Å². The molecule has 1 heterocycles. The summed E-state index contributed by atoms with van der Waals surface area (Å²) in [6.45, 7) is 5.02. The summed E-state index contributed by atoms with van der Waals surface area (Å²) >= 11 is 0. The summed E-state index contributed by atoms with van der Waals surface area (Å²) in [5, 5.41) is 10.4. The summed E-state index contributed by atoms with van der Waals surface area (Å²) < 4.78 is 21.8. The highest BCUT2D eigenvalue weighted by Crippen LogP contribution is 2.38. The van der Waals surface area contributed by atoms with Crippen molar-refractivity contribution < 1.29 is 24.1 Å². The molecule has 2 aromatic carbocycles. The standard InChI is InChI=1S/C23H32N2O5.2ClH/c1-27-21-13-18(14-22(28-2)23(21)29-3)16-30-17-20(26)15-24-9-11-25(12-10-24)19-7-5-4-6-8-19;;/h4-8,13-14,20,26H,9-12,15-17H2,1-3H3;2*1H. The van der Waals surface area contributed by atoms with E-state index in [1.54, 1.807) is 21.3 Å². The molecular weight excluding hydrogens is 455 g/mol. The molecular formula is C23H34Cl2N2O5. The van der Waals surface area contributed by atoms with Gasteiger partial charge in [0.25, 0.3) is 0 Å². The zero-order valence-corrected chi connectivity index (χ0v) is 20.5. The number of ether oxygens (including phenoxy) is 4. The predicted molar refractivity (Wildman–Crippen MR) is 131 cm³/mol. The molecule has 32 heavy (non-hydrogen) atoms. The molecule has 3 rings (SSSR count). The van der Waals surface area contributed by atoms with Crippen molar-refractivity contribution in [3.63, 3.8) is 0 Å². The van der Waals surface area contributed by atoms with Gasteiger partial charge in [0.15, 0.2) is 11.5 Å². The number of anilines is 1. The zero-order chi connectivity index (χ0) is 21.3. The molecule has 1 fully saturated rings. The molecule has 0 bridgehead atoms. The van der Waals surface area contributed by atoms with Gasteiger partial charge in [-0.2, -0.15) is 0 Å². The van der Waals surface area contributed by atoms with Crippen molar-refractivity contribution >= 4 is 30.5 Å². The van der Waals surface area contributed by atoms with Gasteiger partial charge in [-0.3, -0.25) is 4.90 Å². The van der Waals surface area contributed by atoms with Crippen LogP contribution in [0.5, 0.6) is 17.2 Å². The molecule has 180 valence electrons. The number of methoxy groups -OCH3 is 3. The van der Waals surface area contributed by atoms with Crippen LogP contribution in [0.1, 0.15) is 5.56 Å². The highest BCUT2D eigenvalue weighted by Gasteiger charge is 2.20. The van der Waals surface area contributed by atoms with E-state index in [9.17, 15) is 5.11 Å². The lowest BCUT2D eigenvalue weighted by molar-refractivity contribution is 0.00905. The minimum absolute atomic E-state index is 0. The fourth-order valence-electron chi connectivity index (χ4n) is 3.71. The van der Waals surface area contributed by atoms with E-state index in [2.05, 4.69) is 34.1 Å². The third-order valence-electron chi connectivity index (χ3n) is 5.27. The summed E-state index contributed by atoms with van der Waals surface area (Å²) in [6.07, 6.45) is -0.532. The molecule has 0 aromatic heterocycles. The molecule has 0 saturated carbocycles. The van der Waals surface area contributed by atoms with Crippen molar-refractivity contribution in [1.29, 1.82) is 0 Å². The van der Waals surface area contributed by atoms with E-state index in [-0.39, 0.29) is 31.4 Å². The van der Waals surface area contributed by atoms with Gasteiger partial charge in [0.2, 0.25) is 5.75 Å².